The normalized spacial score (nSPS) is 16.3. The summed E-state index contributed by atoms with van der Waals surface area (Å²) in [5, 5.41) is 3.92. The van der Waals surface area contributed by atoms with Crippen molar-refractivity contribution in [2.75, 3.05) is 32.8 Å². The maximum absolute atomic E-state index is 12.5. The van der Waals surface area contributed by atoms with E-state index in [9.17, 15) is 4.79 Å². The fraction of sp³-hybridized carbons (Fsp3) is 0.524. The van der Waals surface area contributed by atoms with Gasteiger partial charge < -0.3 is 14.2 Å². The molecule has 6 nitrogen and oxygen atoms in total. The van der Waals surface area contributed by atoms with Gasteiger partial charge in [-0.25, -0.2) is 0 Å². The Hall–Kier alpha value is -2.34. The highest BCUT2D eigenvalue weighted by Gasteiger charge is 2.22. The molecule has 1 aliphatic rings. The molecule has 0 spiro atoms. The molecule has 2 heterocycles. The number of rotatable bonds is 7. The van der Waals surface area contributed by atoms with Gasteiger partial charge in [0.25, 0.3) is 5.91 Å². The number of carbonyl (C=O) groups excluding carboxylic acids is 1. The van der Waals surface area contributed by atoms with Crippen LogP contribution in [0, 0.1) is 6.92 Å². The summed E-state index contributed by atoms with van der Waals surface area (Å²) in [5.74, 6) is 2.15. The minimum absolute atomic E-state index is 0.0455. The number of hydrogen-bond donors (Lipinski definition) is 0. The topological polar surface area (TPSA) is 58.8 Å². The molecular weight excluding hydrogens is 342 g/mol. The zero-order valence-electron chi connectivity index (χ0n) is 16.5. The predicted molar refractivity (Wildman–Crippen MR) is 104 cm³/mol. The number of aryl methyl sites for hydroxylation is 1. The molecular formula is C21H29N3O3. The highest BCUT2D eigenvalue weighted by Crippen LogP contribution is 2.28. The van der Waals surface area contributed by atoms with Gasteiger partial charge in [-0.3, -0.25) is 9.69 Å². The van der Waals surface area contributed by atoms with Crippen LogP contribution in [0.25, 0.3) is 0 Å². The largest absolute Gasteiger partial charge is 0.483 e. The van der Waals surface area contributed by atoms with Gasteiger partial charge in [0.05, 0.1) is 12.2 Å². The number of piperazine rings is 1. The van der Waals surface area contributed by atoms with E-state index in [0.29, 0.717) is 19.0 Å². The highest BCUT2D eigenvalue weighted by molar-refractivity contribution is 5.78. The summed E-state index contributed by atoms with van der Waals surface area (Å²) in [6, 6.07) is 9.96. The van der Waals surface area contributed by atoms with Crippen LogP contribution in [0.15, 0.2) is 34.9 Å². The molecule has 1 amide bonds. The average molecular weight is 371 g/mol. The summed E-state index contributed by atoms with van der Waals surface area (Å²) in [7, 11) is 0. The third-order valence-electron chi connectivity index (χ3n) is 5.19. The zero-order chi connectivity index (χ0) is 19.2. The van der Waals surface area contributed by atoms with Crippen LogP contribution in [0.5, 0.6) is 5.75 Å². The molecule has 0 N–H and O–H groups in total. The predicted octanol–water partition coefficient (Wildman–Crippen LogP) is 3.22. The first kappa shape index (κ1) is 19.4. The average Bonchev–Trinajstić information content (AvgIpc) is 3.11. The Morgan fingerprint density at radius 2 is 2.00 bits per heavy atom. The fourth-order valence-corrected chi connectivity index (χ4v) is 3.34. The van der Waals surface area contributed by atoms with Crippen LogP contribution in [0.4, 0.5) is 0 Å². The molecule has 0 aliphatic carbocycles. The Balaban J connectivity index is 1.47. The highest BCUT2D eigenvalue weighted by atomic mass is 16.5. The Bertz CT molecular complexity index is 751. The Morgan fingerprint density at radius 1 is 1.26 bits per heavy atom. The van der Waals surface area contributed by atoms with Crippen LogP contribution >= 0.6 is 0 Å². The number of ether oxygens (including phenoxy) is 1. The number of para-hydroxylation sites is 1. The number of amides is 1. The van der Waals surface area contributed by atoms with Crippen LogP contribution < -0.4 is 4.74 Å². The van der Waals surface area contributed by atoms with Crippen LogP contribution in [-0.2, 0) is 11.3 Å². The van der Waals surface area contributed by atoms with E-state index in [-0.39, 0.29) is 12.5 Å². The minimum Gasteiger partial charge on any atom is -0.483 e. The number of nitrogens with zero attached hydrogens (tertiary/aromatic N) is 3. The van der Waals surface area contributed by atoms with Crippen molar-refractivity contribution >= 4 is 5.91 Å². The standard InChI is InChI=1S/C21H29N3O3/c1-4-16(2)19-7-5-6-8-20(19)26-15-21(25)24-11-9-23(10-12-24)14-18-13-17(3)22-27-18/h5-8,13,16H,4,9-12,14-15H2,1-3H3. The van der Waals surface area contributed by atoms with Crippen molar-refractivity contribution in [1.29, 1.82) is 0 Å². The molecule has 2 aromatic rings. The maximum atomic E-state index is 12.5. The van der Waals surface area contributed by atoms with E-state index < -0.39 is 0 Å². The number of aromatic nitrogens is 1. The van der Waals surface area contributed by atoms with Crippen molar-refractivity contribution in [2.45, 2.75) is 39.7 Å². The van der Waals surface area contributed by atoms with E-state index >= 15 is 0 Å². The molecule has 1 aromatic carbocycles. The Morgan fingerprint density at radius 3 is 2.67 bits per heavy atom. The van der Waals surface area contributed by atoms with E-state index in [2.05, 4.69) is 30.0 Å². The van der Waals surface area contributed by atoms with Gasteiger partial charge in [0.15, 0.2) is 12.4 Å². The van der Waals surface area contributed by atoms with Crippen molar-refractivity contribution in [3.8, 4) is 5.75 Å². The Labute approximate surface area is 161 Å². The molecule has 1 aromatic heterocycles. The van der Waals surface area contributed by atoms with E-state index in [1.54, 1.807) is 0 Å². The number of hydrogen-bond acceptors (Lipinski definition) is 5. The molecule has 1 atom stereocenters. The molecule has 1 saturated heterocycles. The van der Waals surface area contributed by atoms with Gasteiger partial charge in [0.2, 0.25) is 0 Å². The lowest BCUT2D eigenvalue weighted by Crippen LogP contribution is -2.49. The number of benzene rings is 1. The second-order valence-electron chi connectivity index (χ2n) is 7.23. The van der Waals surface area contributed by atoms with Gasteiger partial charge in [-0.1, -0.05) is 37.2 Å². The van der Waals surface area contributed by atoms with Crippen molar-refractivity contribution in [1.82, 2.24) is 15.0 Å². The Kier molecular flexibility index (Phi) is 6.50. The quantitative estimate of drug-likeness (QED) is 0.748. The summed E-state index contributed by atoms with van der Waals surface area (Å²) in [5.41, 5.74) is 2.06. The minimum atomic E-state index is 0.0455. The molecule has 1 unspecified atom stereocenters. The molecule has 6 heteroatoms. The van der Waals surface area contributed by atoms with E-state index in [1.165, 1.54) is 5.56 Å². The van der Waals surface area contributed by atoms with Gasteiger partial charge in [-0.05, 0) is 30.9 Å². The maximum Gasteiger partial charge on any atom is 0.260 e. The van der Waals surface area contributed by atoms with Gasteiger partial charge in [0, 0.05) is 32.2 Å². The van der Waals surface area contributed by atoms with Crippen molar-refractivity contribution in [2.24, 2.45) is 0 Å². The van der Waals surface area contributed by atoms with Crippen LogP contribution in [-0.4, -0.2) is 53.6 Å². The van der Waals surface area contributed by atoms with Crippen molar-refractivity contribution < 1.29 is 14.1 Å². The monoisotopic (exact) mass is 371 g/mol. The van der Waals surface area contributed by atoms with Crippen LogP contribution in [0.1, 0.15) is 43.2 Å². The molecule has 3 rings (SSSR count). The second kappa shape index (κ2) is 9.04. The SMILES string of the molecule is CCC(C)c1ccccc1OCC(=O)N1CCN(Cc2cc(C)no2)CC1. The first-order valence-corrected chi connectivity index (χ1v) is 9.71. The fourth-order valence-electron chi connectivity index (χ4n) is 3.34. The van der Waals surface area contributed by atoms with Gasteiger partial charge >= 0.3 is 0 Å². The van der Waals surface area contributed by atoms with Gasteiger partial charge in [-0.15, -0.1) is 0 Å². The van der Waals surface area contributed by atoms with Crippen LogP contribution in [0.2, 0.25) is 0 Å². The smallest absolute Gasteiger partial charge is 0.260 e. The molecule has 146 valence electrons. The lowest BCUT2D eigenvalue weighted by Gasteiger charge is -2.34. The first-order valence-electron chi connectivity index (χ1n) is 9.71. The molecule has 1 aliphatic heterocycles. The number of carbonyl (C=O) groups is 1. The molecule has 0 bridgehead atoms. The van der Waals surface area contributed by atoms with E-state index in [4.69, 9.17) is 9.26 Å². The molecule has 0 radical (unpaired) electrons. The summed E-state index contributed by atoms with van der Waals surface area (Å²) >= 11 is 0. The van der Waals surface area contributed by atoms with Crippen LogP contribution in [0.3, 0.4) is 0 Å². The van der Waals surface area contributed by atoms with E-state index in [1.807, 2.05) is 36.1 Å². The zero-order valence-corrected chi connectivity index (χ0v) is 16.5. The molecule has 27 heavy (non-hydrogen) atoms. The van der Waals surface area contributed by atoms with Crippen molar-refractivity contribution in [3.63, 3.8) is 0 Å². The third-order valence-corrected chi connectivity index (χ3v) is 5.19. The summed E-state index contributed by atoms with van der Waals surface area (Å²) < 4.78 is 11.1. The lowest BCUT2D eigenvalue weighted by molar-refractivity contribution is -0.135. The summed E-state index contributed by atoms with van der Waals surface area (Å²) in [6.45, 7) is 10.2. The van der Waals surface area contributed by atoms with Gasteiger partial charge in [-0.2, -0.15) is 0 Å². The van der Waals surface area contributed by atoms with Crippen molar-refractivity contribution in [3.05, 3.63) is 47.3 Å². The summed E-state index contributed by atoms with van der Waals surface area (Å²) in [4.78, 5) is 16.7. The molecule has 1 fully saturated rings. The molecule has 0 saturated carbocycles. The summed E-state index contributed by atoms with van der Waals surface area (Å²) in [6.07, 6.45) is 1.04. The first-order chi connectivity index (χ1) is 13.1. The van der Waals surface area contributed by atoms with Gasteiger partial charge in [0.1, 0.15) is 5.75 Å². The lowest BCUT2D eigenvalue weighted by atomic mass is 9.98. The second-order valence-corrected chi connectivity index (χ2v) is 7.23. The van der Waals surface area contributed by atoms with E-state index in [0.717, 1.165) is 43.3 Å². The third kappa shape index (κ3) is 5.10.